The standard InChI is InChI=1S/C25H34O5/c1-7-8-9-10-17-14-20-22(23(29-16(3)26)21(17)24(27)28-6)18-13-15(2)11-12-19(18)25(4,5)30-20/h13-14,18-19H,7-12H2,1-6H3/t18?,19-/m1/s1. The summed E-state index contributed by atoms with van der Waals surface area (Å²) in [7, 11) is 1.36. The maximum absolute atomic E-state index is 12.8. The van der Waals surface area contributed by atoms with Crippen molar-refractivity contribution in [2.24, 2.45) is 5.92 Å². The SMILES string of the molecule is CCCCCc1cc2c(c(OC(C)=O)c1C(=O)OC)C1C=C(C)CC[C@H]1C(C)(C)O2. The molecule has 0 aromatic heterocycles. The average molecular weight is 415 g/mol. The molecular weight excluding hydrogens is 380 g/mol. The zero-order valence-corrected chi connectivity index (χ0v) is 19.1. The number of carbonyl (C=O) groups excluding carboxylic acids is 2. The number of unbranched alkanes of at least 4 members (excludes halogenated alkanes) is 2. The van der Waals surface area contributed by atoms with Crippen molar-refractivity contribution in [2.75, 3.05) is 7.11 Å². The fraction of sp³-hybridized carbons (Fsp3) is 0.600. The molecule has 0 amide bonds. The molecule has 0 spiro atoms. The van der Waals surface area contributed by atoms with Gasteiger partial charge in [0.25, 0.3) is 0 Å². The molecule has 5 heteroatoms. The molecule has 1 aliphatic carbocycles. The van der Waals surface area contributed by atoms with E-state index in [1.807, 2.05) is 6.07 Å². The smallest absolute Gasteiger partial charge is 0.341 e. The molecule has 2 atom stereocenters. The highest BCUT2D eigenvalue weighted by atomic mass is 16.5. The number of aryl methyl sites for hydroxylation is 1. The molecule has 0 radical (unpaired) electrons. The van der Waals surface area contributed by atoms with Gasteiger partial charge in [0.05, 0.1) is 7.11 Å². The number of carbonyl (C=O) groups is 2. The van der Waals surface area contributed by atoms with Gasteiger partial charge in [-0.05, 0) is 58.1 Å². The number of methoxy groups -OCH3 is 1. The molecule has 1 heterocycles. The summed E-state index contributed by atoms with van der Waals surface area (Å²) >= 11 is 0. The second kappa shape index (κ2) is 8.83. The van der Waals surface area contributed by atoms with Crippen LogP contribution in [0.5, 0.6) is 11.5 Å². The first-order valence-electron chi connectivity index (χ1n) is 11.0. The van der Waals surface area contributed by atoms with E-state index < -0.39 is 11.9 Å². The van der Waals surface area contributed by atoms with Crippen LogP contribution in [0, 0.1) is 5.92 Å². The van der Waals surface area contributed by atoms with Crippen molar-refractivity contribution in [1.82, 2.24) is 0 Å². The molecule has 0 N–H and O–H groups in total. The summed E-state index contributed by atoms with van der Waals surface area (Å²) in [6.45, 7) is 9.88. The maximum atomic E-state index is 12.8. The van der Waals surface area contributed by atoms with Crippen LogP contribution in [0.1, 0.15) is 94.1 Å². The van der Waals surface area contributed by atoms with Gasteiger partial charge in [0, 0.05) is 24.3 Å². The molecule has 1 unspecified atom stereocenters. The number of hydrogen-bond acceptors (Lipinski definition) is 5. The van der Waals surface area contributed by atoms with E-state index in [0.29, 0.717) is 23.5 Å². The molecule has 1 aromatic carbocycles. The van der Waals surface area contributed by atoms with Gasteiger partial charge in [-0.3, -0.25) is 4.79 Å². The molecule has 0 fully saturated rings. The lowest BCUT2D eigenvalue weighted by atomic mass is 9.67. The Balaban J connectivity index is 2.27. The molecular formula is C25H34O5. The van der Waals surface area contributed by atoms with Gasteiger partial charge >= 0.3 is 11.9 Å². The molecule has 164 valence electrons. The Bertz CT molecular complexity index is 865. The minimum Gasteiger partial charge on any atom is -0.487 e. The summed E-state index contributed by atoms with van der Waals surface area (Å²) in [5.41, 5.74) is 2.93. The van der Waals surface area contributed by atoms with Crippen LogP contribution in [-0.4, -0.2) is 24.6 Å². The third kappa shape index (κ3) is 4.26. The number of rotatable bonds is 6. The van der Waals surface area contributed by atoms with Gasteiger partial charge in [-0.25, -0.2) is 4.79 Å². The van der Waals surface area contributed by atoms with Crippen molar-refractivity contribution < 1.29 is 23.8 Å². The van der Waals surface area contributed by atoms with Crippen LogP contribution >= 0.6 is 0 Å². The Hall–Kier alpha value is -2.30. The van der Waals surface area contributed by atoms with E-state index in [2.05, 4.69) is 33.8 Å². The van der Waals surface area contributed by atoms with Crippen molar-refractivity contribution in [3.8, 4) is 11.5 Å². The van der Waals surface area contributed by atoms with E-state index in [-0.39, 0.29) is 17.4 Å². The summed E-state index contributed by atoms with van der Waals surface area (Å²) in [4.78, 5) is 24.9. The maximum Gasteiger partial charge on any atom is 0.341 e. The minimum atomic E-state index is -0.474. The molecule has 0 saturated heterocycles. The Morgan fingerprint density at radius 2 is 2.00 bits per heavy atom. The summed E-state index contributed by atoms with van der Waals surface area (Å²) in [5, 5.41) is 0. The molecule has 5 nitrogen and oxygen atoms in total. The predicted octanol–water partition coefficient (Wildman–Crippen LogP) is 5.74. The van der Waals surface area contributed by atoms with Gasteiger partial charge in [-0.2, -0.15) is 0 Å². The van der Waals surface area contributed by atoms with E-state index in [1.54, 1.807) is 0 Å². The lowest BCUT2D eigenvalue weighted by Gasteiger charge is -2.47. The van der Waals surface area contributed by atoms with Crippen molar-refractivity contribution in [1.29, 1.82) is 0 Å². The first-order valence-corrected chi connectivity index (χ1v) is 11.0. The van der Waals surface area contributed by atoms with Crippen molar-refractivity contribution in [3.63, 3.8) is 0 Å². The van der Waals surface area contributed by atoms with Crippen molar-refractivity contribution in [3.05, 3.63) is 34.4 Å². The monoisotopic (exact) mass is 414 g/mol. The van der Waals surface area contributed by atoms with Crippen LogP contribution in [0.25, 0.3) is 0 Å². The van der Waals surface area contributed by atoms with Crippen LogP contribution in [0.3, 0.4) is 0 Å². The Kier molecular flexibility index (Phi) is 6.59. The third-order valence-electron chi connectivity index (χ3n) is 6.40. The van der Waals surface area contributed by atoms with Gasteiger partial charge in [0.15, 0.2) is 5.75 Å². The highest BCUT2D eigenvalue weighted by Gasteiger charge is 2.46. The van der Waals surface area contributed by atoms with Gasteiger partial charge in [-0.1, -0.05) is 31.4 Å². The quantitative estimate of drug-likeness (QED) is 0.257. The Morgan fingerprint density at radius 1 is 1.27 bits per heavy atom. The molecule has 3 rings (SSSR count). The van der Waals surface area contributed by atoms with Crippen LogP contribution in [-0.2, 0) is 16.0 Å². The molecule has 0 saturated carbocycles. The first kappa shape index (κ1) is 22.4. The van der Waals surface area contributed by atoms with E-state index >= 15 is 0 Å². The van der Waals surface area contributed by atoms with Crippen molar-refractivity contribution in [2.45, 2.75) is 84.7 Å². The highest BCUT2D eigenvalue weighted by Crippen LogP contribution is 2.55. The number of esters is 2. The summed E-state index contributed by atoms with van der Waals surface area (Å²) < 4.78 is 17.3. The normalized spacial score (nSPS) is 21.6. The number of fused-ring (bicyclic) bond motifs is 3. The molecule has 30 heavy (non-hydrogen) atoms. The van der Waals surface area contributed by atoms with Crippen LogP contribution < -0.4 is 9.47 Å². The number of hydrogen-bond donors (Lipinski definition) is 0. The summed E-state index contributed by atoms with van der Waals surface area (Å²) in [6, 6.07) is 1.97. The second-order valence-electron chi connectivity index (χ2n) is 9.08. The van der Waals surface area contributed by atoms with Gasteiger partial charge in [0.2, 0.25) is 0 Å². The van der Waals surface area contributed by atoms with E-state index in [9.17, 15) is 9.59 Å². The van der Waals surface area contributed by atoms with Crippen LogP contribution in [0.15, 0.2) is 17.7 Å². The lowest BCUT2D eigenvalue weighted by molar-refractivity contribution is -0.132. The molecule has 1 aromatic rings. The number of allylic oxidation sites excluding steroid dienone is 2. The third-order valence-corrected chi connectivity index (χ3v) is 6.40. The minimum absolute atomic E-state index is 0.0277. The van der Waals surface area contributed by atoms with Gasteiger partial charge in [-0.15, -0.1) is 0 Å². The second-order valence-corrected chi connectivity index (χ2v) is 9.08. The Labute approximate surface area is 179 Å². The lowest BCUT2D eigenvalue weighted by Crippen LogP contribution is -2.45. The molecule has 1 aliphatic heterocycles. The van der Waals surface area contributed by atoms with Gasteiger partial charge in [0.1, 0.15) is 16.9 Å². The highest BCUT2D eigenvalue weighted by molar-refractivity contribution is 5.96. The largest absolute Gasteiger partial charge is 0.487 e. The molecule has 0 bridgehead atoms. The number of ether oxygens (including phenoxy) is 3. The van der Waals surface area contributed by atoms with E-state index in [0.717, 1.165) is 43.2 Å². The topological polar surface area (TPSA) is 61.8 Å². The fourth-order valence-electron chi connectivity index (χ4n) is 4.93. The average Bonchev–Trinajstić information content (AvgIpc) is 2.66. The predicted molar refractivity (Wildman–Crippen MR) is 116 cm³/mol. The Morgan fingerprint density at radius 3 is 2.63 bits per heavy atom. The van der Waals surface area contributed by atoms with E-state index in [1.165, 1.54) is 19.6 Å². The molecule has 2 aliphatic rings. The first-order chi connectivity index (χ1) is 14.2. The van der Waals surface area contributed by atoms with Crippen LogP contribution in [0.4, 0.5) is 0 Å². The van der Waals surface area contributed by atoms with Crippen LogP contribution in [0.2, 0.25) is 0 Å². The zero-order valence-electron chi connectivity index (χ0n) is 19.1. The van der Waals surface area contributed by atoms with Crippen molar-refractivity contribution >= 4 is 11.9 Å². The number of benzene rings is 1. The fourth-order valence-corrected chi connectivity index (χ4v) is 4.93. The summed E-state index contributed by atoms with van der Waals surface area (Å²) in [5.74, 6) is 0.362. The zero-order chi connectivity index (χ0) is 22.1. The van der Waals surface area contributed by atoms with Gasteiger partial charge < -0.3 is 14.2 Å². The summed E-state index contributed by atoms with van der Waals surface area (Å²) in [6.07, 6.45) is 8.03. The van der Waals surface area contributed by atoms with E-state index in [4.69, 9.17) is 14.2 Å².